The first-order chi connectivity index (χ1) is 8.60. The molecule has 0 radical (unpaired) electrons. The van der Waals surface area contributed by atoms with Crippen LogP contribution in [-0.4, -0.2) is 31.6 Å². The molecular weight excluding hydrogens is 294 g/mol. The number of halogens is 1. The van der Waals surface area contributed by atoms with E-state index in [0.29, 0.717) is 13.1 Å². The molecule has 0 aliphatic carbocycles. The smallest absolute Gasteiger partial charge is 0.239 e. The first-order valence-electron chi connectivity index (χ1n) is 6.10. The van der Waals surface area contributed by atoms with E-state index in [1.807, 2.05) is 0 Å². The summed E-state index contributed by atoms with van der Waals surface area (Å²) in [5.41, 5.74) is 7.83. The monoisotopic (exact) mass is 311 g/mol. The molecule has 1 aromatic rings. The molecule has 4 nitrogen and oxygen atoms in total. The molecule has 2 rings (SSSR count). The van der Waals surface area contributed by atoms with Crippen LogP contribution < -0.4 is 16.0 Å². The number of hydrogen-bond acceptors (Lipinski definition) is 3. The number of rotatable bonds is 3. The van der Waals surface area contributed by atoms with Gasteiger partial charge in [-0.2, -0.15) is 0 Å². The van der Waals surface area contributed by atoms with E-state index in [-0.39, 0.29) is 11.9 Å². The predicted octanol–water partition coefficient (Wildman–Crippen LogP) is 1.41. The Morgan fingerprint density at radius 3 is 3.00 bits per heavy atom. The Morgan fingerprint density at radius 2 is 2.33 bits per heavy atom. The van der Waals surface area contributed by atoms with Gasteiger partial charge in [-0.05, 0) is 53.5 Å². The minimum atomic E-state index is 0.0622. The molecule has 0 spiro atoms. The lowest BCUT2D eigenvalue weighted by Gasteiger charge is -2.35. The number of benzene rings is 1. The van der Waals surface area contributed by atoms with Crippen LogP contribution in [0.3, 0.4) is 0 Å². The Labute approximate surface area is 116 Å². The highest BCUT2D eigenvalue weighted by molar-refractivity contribution is 9.10. The van der Waals surface area contributed by atoms with Gasteiger partial charge in [-0.15, -0.1) is 0 Å². The van der Waals surface area contributed by atoms with E-state index in [0.717, 1.165) is 23.1 Å². The number of aryl methyl sites for hydroxylation is 1. The second kappa shape index (κ2) is 5.71. The largest absolute Gasteiger partial charge is 0.359 e. The van der Waals surface area contributed by atoms with E-state index < -0.39 is 0 Å². The van der Waals surface area contributed by atoms with Crippen molar-refractivity contribution in [1.29, 1.82) is 0 Å². The Bertz CT molecular complexity index is 450. The van der Waals surface area contributed by atoms with Gasteiger partial charge in [0.1, 0.15) is 0 Å². The fourth-order valence-corrected chi connectivity index (χ4v) is 2.98. The summed E-state index contributed by atoms with van der Waals surface area (Å²) in [5, 5.41) is 2.97. The third-order valence-corrected chi connectivity index (χ3v) is 3.73. The Kier molecular flexibility index (Phi) is 4.24. The van der Waals surface area contributed by atoms with Crippen molar-refractivity contribution in [3.63, 3.8) is 0 Å². The van der Waals surface area contributed by atoms with Crippen LogP contribution in [0.15, 0.2) is 22.7 Å². The second-order valence-corrected chi connectivity index (χ2v) is 5.53. The van der Waals surface area contributed by atoms with Gasteiger partial charge in [0.05, 0.1) is 12.2 Å². The van der Waals surface area contributed by atoms with Crippen LogP contribution >= 0.6 is 15.9 Å². The van der Waals surface area contributed by atoms with Crippen LogP contribution in [-0.2, 0) is 4.79 Å². The van der Waals surface area contributed by atoms with Gasteiger partial charge in [0, 0.05) is 17.1 Å². The van der Waals surface area contributed by atoms with Gasteiger partial charge in [0.15, 0.2) is 0 Å². The zero-order valence-electron chi connectivity index (χ0n) is 10.4. The summed E-state index contributed by atoms with van der Waals surface area (Å²) in [5.74, 6) is 0.0622. The van der Waals surface area contributed by atoms with Crippen molar-refractivity contribution in [3.8, 4) is 0 Å². The highest BCUT2D eigenvalue weighted by atomic mass is 79.9. The van der Waals surface area contributed by atoms with Crippen molar-refractivity contribution < 1.29 is 4.79 Å². The molecule has 1 aliphatic rings. The molecule has 1 aliphatic heterocycles. The number of piperazine rings is 1. The fourth-order valence-electron chi connectivity index (χ4n) is 2.24. The summed E-state index contributed by atoms with van der Waals surface area (Å²) in [4.78, 5) is 13.8. The molecule has 1 saturated heterocycles. The molecule has 98 valence electrons. The van der Waals surface area contributed by atoms with Crippen molar-refractivity contribution in [2.45, 2.75) is 19.4 Å². The van der Waals surface area contributed by atoms with E-state index in [1.165, 1.54) is 5.56 Å². The van der Waals surface area contributed by atoms with Crippen molar-refractivity contribution >= 4 is 27.5 Å². The van der Waals surface area contributed by atoms with Crippen LogP contribution in [0.5, 0.6) is 0 Å². The summed E-state index contributed by atoms with van der Waals surface area (Å²) in [6, 6.07) is 6.33. The van der Waals surface area contributed by atoms with Crippen molar-refractivity contribution in [1.82, 2.24) is 5.32 Å². The molecule has 3 N–H and O–H groups in total. The zero-order chi connectivity index (χ0) is 13.1. The molecule has 1 unspecified atom stereocenters. The maximum Gasteiger partial charge on any atom is 0.239 e. The van der Waals surface area contributed by atoms with Crippen LogP contribution in [0.25, 0.3) is 0 Å². The summed E-state index contributed by atoms with van der Waals surface area (Å²) in [7, 11) is 0. The van der Waals surface area contributed by atoms with Crippen LogP contribution in [0.2, 0.25) is 0 Å². The maximum absolute atomic E-state index is 11.7. The minimum Gasteiger partial charge on any atom is -0.359 e. The Morgan fingerprint density at radius 1 is 1.56 bits per heavy atom. The van der Waals surface area contributed by atoms with Gasteiger partial charge in [-0.1, -0.05) is 6.07 Å². The summed E-state index contributed by atoms with van der Waals surface area (Å²) in [6.07, 6.45) is 0.811. The van der Waals surface area contributed by atoms with Crippen molar-refractivity contribution in [2.24, 2.45) is 5.73 Å². The number of nitrogens with two attached hydrogens (primary N) is 1. The average Bonchev–Trinajstić information content (AvgIpc) is 2.28. The van der Waals surface area contributed by atoms with Gasteiger partial charge in [-0.3, -0.25) is 4.79 Å². The summed E-state index contributed by atoms with van der Waals surface area (Å²) in [6.45, 7) is 3.86. The third-order valence-electron chi connectivity index (χ3n) is 3.10. The lowest BCUT2D eigenvalue weighted by Crippen LogP contribution is -2.54. The first kappa shape index (κ1) is 13.4. The average molecular weight is 312 g/mol. The molecule has 1 atom stereocenters. The Hall–Kier alpha value is -1.07. The Balaban J connectivity index is 2.18. The number of amides is 1. The van der Waals surface area contributed by atoms with Crippen LogP contribution in [0, 0.1) is 6.92 Å². The second-order valence-electron chi connectivity index (χ2n) is 4.68. The topological polar surface area (TPSA) is 58.4 Å². The standard InChI is InChI=1S/C13H18BrN3O/c1-9-2-3-12(11(14)6-9)17-7-10(4-5-15)16-13(18)8-17/h2-3,6,10H,4-5,7-8,15H2,1H3,(H,16,18). The predicted molar refractivity (Wildman–Crippen MR) is 76.7 cm³/mol. The van der Waals surface area contributed by atoms with Crippen LogP contribution in [0.4, 0.5) is 5.69 Å². The van der Waals surface area contributed by atoms with E-state index in [9.17, 15) is 4.79 Å². The maximum atomic E-state index is 11.7. The van der Waals surface area contributed by atoms with E-state index in [2.05, 4.69) is 51.3 Å². The van der Waals surface area contributed by atoms with Crippen molar-refractivity contribution in [3.05, 3.63) is 28.2 Å². The summed E-state index contributed by atoms with van der Waals surface area (Å²) >= 11 is 3.56. The molecule has 0 saturated carbocycles. The number of hydrogen-bond donors (Lipinski definition) is 2. The molecule has 1 amide bonds. The SMILES string of the molecule is Cc1ccc(N2CC(=O)NC(CCN)C2)c(Br)c1. The quantitative estimate of drug-likeness (QED) is 0.887. The van der Waals surface area contributed by atoms with Gasteiger partial charge in [0.2, 0.25) is 5.91 Å². The van der Waals surface area contributed by atoms with Crippen LogP contribution in [0.1, 0.15) is 12.0 Å². The molecule has 0 bridgehead atoms. The minimum absolute atomic E-state index is 0.0622. The summed E-state index contributed by atoms with van der Waals surface area (Å²) < 4.78 is 1.03. The van der Waals surface area contributed by atoms with E-state index in [4.69, 9.17) is 5.73 Å². The van der Waals surface area contributed by atoms with E-state index in [1.54, 1.807) is 0 Å². The highest BCUT2D eigenvalue weighted by Crippen LogP contribution is 2.28. The zero-order valence-corrected chi connectivity index (χ0v) is 12.0. The van der Waals surface area contributed by atoms with Gasteiger partial charge in [0.25, 0.3) is 0 Å². The molecule has 1 fully saturated rings. The molecule has 1 heterocycles. The van der Waals surface area contributed by atoms with Gasteiger partial charge in [-0.25, -0.2) is 0 Å². The fraction of sp³-hybridized carbons (Fsp3) is 0.462. The molecule has 5 heteroatoms. The highest BCUT2D eigenvalue weighted by Gasteiger charge is 2.25. The third kappa shape index (κ3) is 3.03. The van der Waals surface area contributed by atoms with Gasteiger partial charge < -0.3 is 16.0 Å². The molecule has 0 aromatic heterocycles. The van der Waals surface area contributed by atoms with Crippen molar-refractivity contribution in [2.75, 3.05) is 24.5 Å². The lowest BCUT2D eigenvalue weighted by molar-refractivity contribution is -0.121. The van der Waals surface area contributed by atoms with E-state index >= 15 is 0 Å². The number of anilines is 1. The molecule has 1 aromatic carbocycles. The number of nitrogens with zero attached hydrogens (tertiary/aromatic N) is 1. The lowest BCUT2D eigenvalue weighted by atomic mass is 10.1. The molecule has 18 heavy (non-hydrogen) atoms. The molecular formula is C13H18BrN3O. The number of carbonyl (C=O) groups is 1. The number of carbonyl (C=O) groups excluding carboxylic acids is 1. The normalized spacial score (nSPS) is 19.8. The first-order valence-corrected chi connectivity index (χ1v) is 6.90. The van der Waals surface area contributed by atoms with Gasteiger partial charge >= 0.3 is 0 Å². The number of nitrogens with one attached hydrogen (secondary N) is 1.